The van der Waals surface area contributed by atoms with Crippen molar-refractivity contribution < 1.29 is 4.79 Å². The summed E-state index contributed by atoms with van der Waals surface area (Å²) >= 11 is 3.34. The van der Waals surface area contributed by atoms with E-state index in [1.807, 2.05) is 24.3 Å². The van der Waals surface area contributed by atoms with E-state index in [2.05, 4.69) is 27.8 Å². The highest BCUT2D eigenvalue weighted by atomic mass is 79.9. The predicted octanol–water partition coefficient (Wildman–Crippen LogP) is 3.27. The predicted molar refractivity (Wildman–Crippen MR) is 76.2 cm³/mol. The first kappa shape index (κ1) is 12.4. The van der Waals surface area contributed by atoms with Crippen molar-refractivity contribution in [3.8, 4) is 11.8 Å². The first-order valence-electron chi connectivity index (χ1n) is 5.33. The van der Waals surface area contributed by atoms with Crippen LogP contribution in [0.15, 0.2) is 53.0 Å². The van der Waals surface area contributed by atoms with E-state index in [0.717, 1.165) is 10.0 Å². The molecule has 0 aliphatic heterocycles. The Morgan fingerprint density at radius 2 is 1.72 bits per heavy atom. The van der Waals surface area contributed by atoms with Crippen LogP contribution in [0, 0.1) is 11.8 Å². The standard InChI is InChI=1S/C15H10BrNO/c16-12-8-5-11(6-9-12)7-10-15(18)13-3-1-2-4-14(13)17/h1-6,8-9H,17H2. The number of nitrogen functional groups attached to an aromatic ring is 1. The molecule has 0 atom stereocenters. The molecule has 0 amide bonds. The molecule has 2 aromatic rings. The van der Waals surface area contributed by atoms with Gasteiger partial charge in [0.05, 0.1) is 5.56 Å². The van der Waals surface area contributed by atoms with Gasteiger partial charge >= 0.3 is 0 Å². The molecule has 0 bridgehead atoms. The number of benzene rings is 2. The Labute approximate surface area is 114 Å². The number of rotatable bonds is 1. The molecule has 3 heteroatoms. The summed E-state index contributed by atoms with van der Waals surface area (Å²) in [5.41, 5.74) is 7.41. The average molecular weight is 300 g/mol. The van der Waals surface area contributed by atoms with Gasteiger partial charge in [0, 0.05) is 15.7 Å². The fourth-order valence-electron chi connectivity index (χ4n) is 1.43. The number of carbonyl (C=O) groups excluding carboxylic acids is 1. The smallest absolute Gasteiger partial charge is 0.238 e. The number of hydrogen-bond acceptors (Lipinski definition) is 2. The maximum Gasteiger partial charge on any atom is 0.238 e. The van der Waals surface area contributed by atoms with Crippen LogP contribution in [-0.2, 0) is 0 Å². The summed E-state index contributed by atoms with van der Waals surface area (Å²) in [6, 6.07) is 14.4. The summed E-state index contributed by atoms with van der Waals surface area (Å²) in [7, 11) is 0. The maximum atomic E-state index is 11.8. The largest absolute Gasteiger partial charge is 0.398 e. The summed E-state index contributed by atoms with van der Waals surface area (Å²) in [6.07, 6.45) is 0. The summed E-state index contributed by atoms with van der Waals surface area (Å²) in [6.45, 7) is 0. The lowest BCUT2D eigenvalue weighted by Gasteiger charge is -1.98. The Hall–Kier alpha value is -2.05. The van der Waals surface area contributed by atoms with Crippen LogP contribution in [0.4, 0.5) is 5.69 Å². The summed E-state index contributed by atoms with van der Waals surface area (Å²) in [5.74, 6) is 5.15. The van der Waals surface area contributed by atoms with Crippen molar-refractivity contribution in [3.05, 3.63) is 64.1 Å². The van der Waals surface area contributed by atoms with E-state index in [4.69, 9.17) is 5.73 Å². The van der Waals surface area contributed by atoms with Crippen LogP contribution >= 0.6 is 15.9 Å². The molecule has 0 unspecified atom stereocenters. The van der Waals surface area contributed by atoms with Gasteiger partial charge in [-0.05, 0) is 42.3 Å². The van der Waals surface area contributed by atoms with Gasteiger partial charge in [-0.25, -0.2) is 0 Å². The molecule has 0 saturated carbocycles. The second-order valence-corrected chi connectivity index (χ2v) is 4.59. The molecular formula is C15H10BrNO. The van der Waals surface area contributed by atoms with Crippen LogP contribution < -0.4 is 5.73 Å². The lowest BCUT2D eigenvalue weighted by Crippen LogP contribution is -2.00. The highest BCUT2D eigenvalue weighted by Gasteiger charge is 2.04. The quantitative estimate of drug-likeness (QED) is 0.499. The van der Waals surface area contributed by atoms with Gasteiger partial charge in [0.2, 0.25) is 5.78 Å². The summed E-state index contributed by atoms with van der Waals surface area (Å²) in [4.78, 5) is 11.8. The Morgan fingerprint density at radius 1 is 1.06 bits per heavy atom. The molecule has 0 fully saturated rings. The topological polar surface area (TPSA) is 43.1 Å². The maximum absolute atomic E-state index is 11.8. The number of ketones is 1. The van der Waals surface area contributed by atoms with E-state index in [0.29, 0.717) is 11.3 Å². The van der Waals surface area contributed by atoms with Gasteiger partial charge in [-0.15, -0.1) is 0 Å². The van der Waals surface area contributed by atoms with Gasteiger partial charge in [-0.1, -0.05) is 34.0 Å². The third-order valence-electron chi connectivity index (χ3n) is 2.37. The molecule has 0 heterocycles. The lowest BCUT2D eigenvalue weighted by atomic mass is 10.1. The Kier molecular flexibility index (Phi) is 3.81. The molecule has 0 radical (unpaired) electrons. The molecule has 18 heavy (non-hydrogen) atoms. The Morgan fingerprint density at radius 3 is 2.39 bits per heavy atom. The average Bonchev–Trinajstić information content (AvgIpc) is 2.38. The highest BCUT2D eigenvalue weighted by molar-refractivity contribution is 9.10. The minimum absolute atomic E-state index is 0.268. The zero-order chi connectivity index (χ0) is 13.0. The van der Waals surface area contributed by atoms with Crippen molar-refractivity contribution in [3.63, 3.8) is 0 Å². The van der Waals surface area contributed by atoms with Gasteiger partial charge in [-0.3, -0.25) is 4.79 Å². The van der Waals surface area contributed by atoms with Gasteiger partial charge in [0.1, 0.15) is 0 Å². The third-order valence-corrected chi connectivity index (χ3v) is 2.90. The van der Waals surface area contributed by atoms with E-state index in [1.54, 1.807) is 24.3 Å². The molecule has 0 aromatic heterocycles. The van der Waals surface area contributed by atoms with Crippen LogP contribution in [0.5, 0.6) is 0 Å². The van der Waals surface area contributed by atoms with Crippen molar-refractivity contribution in [2.24, 2.45) is 0 Å². The minimum atomic E-state index is -0.268. The Balaban J connectivity index is 2.23. The number of nitrogens with two attached hydrogens (primary N) is 1. The van der Waals surface area contributed by atoms with Crippen molar-refractivity contribution >= 4 is 27.4 Å². The number of anilines is 1. The molecule has 2 rings (SSSR count). The van der Waals surface area contributed by atoms with Gasteiger partial charge < -0.3 is 5.73 Å². The fourth-order valence-corrected chi connectivity index (χ4v) is 1.70. The SMILES string of the molecule is Nc1ccccc1C(=O)C#Cc1ccc(Br)cc1. The molecule has 2 N–H and O–H groups in total. The van der Waals surface area contributed by atoms with Gasteiger partial charge in [-0.2, -0.15) is 0 Å². The molecular weight excluding hydrogens is 290 g/mol. The summed E-state index contributed by atoms with van der Waals surface area (Å²) < 4.78 is 0.978. The van der Waals surface area contributed by atoms with Crippen LogP contribution in [0.1, 0.15) is 15.9 Å². The zero-order valence-electron chi connectivity index (χ0n) is 9.48. The second-order valence-electron chi connectivity index (χ2n) is 3.67. The molecule has 2 aromatic carbocycles. The van der Waals surface area contributed by atoms with Crippen LogP contribution in [0.2, 0.25) is 0 Å². The van der Waals surface area contributed by atoms with Crippen LogP contribution in [0.25, 0.3) is 0 Å². The van der Waals surface area contributed by atoms with E-state index >= 15 is 0 Å². The van der Waals surface area contributed by atoms with E-state index in [1.165, 1.54) is 0 Å². The van der Waals surface area contributed by atoms with Crippen molar-refractivity contribution in [2.45, 2.75) is 0 Å². The zero-order valence-corrected chi connectivity index (χ0v) is 11.1. The molecule has 0 saturated heterocycles. The molecule has 0 aliphatic rings. The van der Waals surface area contributed by atoms with E-state index < -0.39 is 0 Å². The Bertz CT molecular complexity index is 636. The minimum Gasteiger partial charge on any atom is -0.398 e. The van der Waals surface area contributed by atoms with Crippen molar-refractivity contribution in [1.82, 2.24) is 0 Å². The first-order chi connectivity index (χ1) is 8.66. The number of para-hydroxylation sites is 1. The number of carbonyl (C=O) groups is 1. The second kappa shape index (κ2) is 5.52. The lowest BCUT2D eigenvalue weighted by molar-refractivity contribution is 0.105. The first-order valence-corrected chi connectivity index (χ1v) is 6.12. The highest BCUT2D eigenvalue weighted by Crippen LogP contribution is 2.11. The molecule has 0 spiro atoms. The number of halogens is 1. The number of hydrogen-bond donors (Lipinski definition) is 1. The molecule has 2 nitrogen and oxygen atoms in total. The van der Waals surface area contributed by atoms with E-state index in [9.17, 15) is 4.79 Å². The number of Topliss-reactive ketones (excluding diaryl/α,β-unsaturated/α-hetero) is 1. The normalized spacial score (nSPS) is 9.39. The van der Waals surface area contributed by atoms with Gasteiger partial charge in [0.15, 0.2) is 0 Å². The molecule has 0 aliphatic carbocycles. The van der Waals surface area contributed by atoms with Crippen molar-refractivity contribution in [1.29, 1.82) is 0 Å². The third kappa shape index (κ3) is 2.99. The van der Waals surface area contributed by atoms with Crippen LogP contribution in [-0.4, -0.2) is 5.78 Å². The van der Waals surface area contributed by atoms with E-state index in [-0.39, 0.29) is 5.78 Å². The summed E-state index contributed by atoms with van der Waals surface area (Å²) in [5, 5.41) is 0. The monoisotopic (exact) mass is 299 g/mol. The van der Waals surface area contributed by atoms with Gasteiger partial charge in [0.25, 0.3) is 0 Å². The van der Waals surface area contributed by atoms with Crippen LogP contribution in [0.3, 0.4) is 0 Å². The molecule has 88 valence electrons. The fraction of sp³-hybridized carbons (Fsp3) is 0. The van der Waals surface area contributed by atoms with Crippen molar-refractivity contribution in [2.75, 3.05) is 5.73 Å².